The van der Waals surface area contributed by atoms with Gasteiger partial charge in [0.05, 0.1) is 39.2 Å². The molecule has 4 unspecified atom stereocenters. The third-order valence-electron chi connectivity index (χ3n) is 8.98. The van der Waals surface area contributed by atoms with Crippen LogP contribution in [0.15, 0.2) is 77.3 Å². The van der Waals surface area contributed by atoms with E-state index >= 15 is 0 Å². The zero-order valence-electron chi connectivity index (χ0n) is 24.1. The average molecular weight is 701 g/mol. The number of hydrogen-bond donors (Lipinski definition) is 0. The quantitative estimate of drug-likeness (QED) is 0.0508. The van der Waals surface area contributed by atoms with Crippen molar-refractivity contribution < 1.29 is 28.8 Å². The number of aryl methyl sites for hydroxylation is 1. The molecule has 1 aliphatic heterocycles. The Kier molecular flexibility index (Phi) is 7.32. The maximum absolute atomic E-state index is 13.5. The number of carbonyl (C=O) groups is 4. The van der Waals surface area contributed by atoms with E-state index in [0.717, 1.165) is 18.1 Å². The van der Waals surface area contributed by atoms with Gasteiger partial charge in [0.1, 0.15) is 5.02 Å². The molecule has 2 bridgehead atoms. The first kappa shape index (κ1) is 29.9. The minimum absolute atomic E-state index is 0.0228. The number of ketones is 1. The molecule has 230 valence electrons. The Balaban J connectivity index is 1.17. The number of amides is 2. The van der Waals surface area contributed by atoms with Crippen LogP contribution >= 0.6 is 27.5 Å². The van der Waals surface area contributed by atoms with E-state index in [-0.39, 0.29) is 51.6 Å². The molecule has 0 N–H and O–H groups in total. The van der Waals surface area contributed by atoms with Crippen LogP contribution in [0.1, 0.15) is 32.7 Å². The molecule has 1 aromatic heterocycles. The molecule has 10 nitrogen and oxygen atoms in total. The van der Waals surface area contributed by atoms with Gasteiger partial charge in [-0.15, -0.1) is 0 Å². The first-order valence-electron chi connectivity index (χ1n) is 14.4. The minimum atomic E-state index is -0.789. The van der Waals surface area contributed by atoms with E-state index in [1.807, 2.05) is 13.0 Å². The summed E-state index contributed by atoms with van der Waals surface area (Å²) < 4.78 is 6.11. The molecule has 2 amide bonds. The number of benzene rings is 3. The van der Waals surface area contributed by atoms with Crippen LogP contribution in [-0.4, -0.2) is 40.1 Å². The number of imide groups is 1. The largest absolute Gasteiger partial charge is 0.454 e. The second kappa shape index (κ2) is 11.3. The van der Waals surface area contributed by atoms with E-state index in [9.17, 15) is 29.3 Å². The van der Waals surface area contributed by atoms with Crippen molar-refractivity contribution in [1.82, 2.24) is 4.98 Å². The lowest BCUT2D eigenvalue weighted by atomic mass is 9.85. The Bertz CT molecular complexity index is 2030. The lowest BCUT2D eigenvalue weighted by Gasteiger charge is -2.18. The standard InChI is InChI=1S/C34H23BrClN3O7/c1-16-10-21(35)13-23-24(34(43)46-15-28(40)18-6-9-25(36)27(12-18)39(44)45)14-26(37-31(16)23)17-4-7-22(8-5-17)38-32(41)29-19-2-3-20(11-19)30(29)33(38)42/h2-10,12-14,19-20,29-30H,11,15H2,1H3. The maximum Gasteiger partial charge on any atom is 0.339 e. The number of nitro benzene ring substituents is 1. The molecule has 0 radical (unpaired) electrons. The summed E-state index contributed by atoms with van der Waals surface area (Å²) in [5.74, 6) is -2.15. The predicted molar refractivity (Wildman–Crippen MR) is 173 cm³/mol. The molecule has 2 aliphatic carbocycles. The van der Waals surface area contributed by atoms with Gasteiger partial charge >= 0.3 is 5.97 Å². The number of esters is 1. The average Bonchev–Trinajstić information content (AvgIpc) is 3.73. The van der Waals surface area contributed by atoms with Crippen molar-refractivity contribution in [1.29, 1.82) is 0 Å². The highest BCUT2D eigenvalue weighted by Crippen LogP contribution is 2.53. The number of aromatic nitrogens is 1. The summed E-state index contributed by atoms with van der Waals surface area (Å²) in [6, 6.07) is 15.6. The number of fused-ring (bicyclic) bond motifs is 6. The van der Waals surface area contributed by atoms with E-state index in [2.05, 4.69) is 28.1 Å². The van der Waals surface area contributed by atoms with Gasteiger partial charge < -0.3 is 4.74 Å². The molecule has 46 heavy (non-hydrogen) atoms. The first-order chi connectivity index (χ1) is 22.0. The van der Waals surface area contributed by atoms with Crippen LogP contribution in [0, 0.1) is 40.7 Å². The summed E-state index contributed by atoms with van der Waals surface area (Å²) in [6.45, 7) is 1.19. The molecule has 0 spiro atoms. The van der Waals surface area contributed by atoms with E-state index < -0.39 is 29.0 Å². The van der Waals surface area contributed by atoms with Gasteiger partial charge in [0.25, 0.3) is 5.69 Å². The minimum Gasteiger partial charge on any atom is -0.454 e. The number of nitrogens with zero attached hydrogens (tertiary/aromatic N) is 3. The number of nitro groups is 1. The van der Waals surface area contributed by atoms with Crippen LogP contribution in [-0.2, 0) is 14.3 Å². The van der Waals surface area contributed by atoms with Gasteiger partial charge in [-0.25, -0.2) is 9.78 Å². The van der Waals surface area contributed by atoms with Crippen molar-refractivity contribution in [2.75, 3.05) is 11.5 Å². The van der Waals surface area contributed by atoms with E-state index in [1.54, 1.807) is 36.4 Å². The Morgan fingerprint density at radius 1 is 1.02 bits per heavy atom. The number of anilines is 1. The highest BCUT2D eigenvalue weighted by atomic mass is 79.9. The fraction of sp³-hybridized carbons (Fsp3) is 0.206. The topological polar surface area (TPSA) is 137 Å². The third-order valence-corrected chi connectivity index (χ3v) is 9.76. The van der Waals surface area contributed by atoms with Crippen LogP contribution in [0.4, 0.5) is 11.4 Å². The summed E-state index contributed by atoms with van der Waals surface area (Å²) in [5, 5.41) is 11.6. The zero-order valence-corrected chi connectivity index (χ0v) is 26.4. The second-order valence-corrected chi connectivity index (χ2v) is 13.0. The molecular weight excluding hydrogens is 678 g/mol. The van der Waals surface area contributed by atoms with E-state index in [0.29, 0.717) is 32.3 Å². The highest BCUT2D eigenvalue weighted by molar-refractivity contribution is 9.10. The summed E-state index contributed by atoms with van der Waals surface area (Å²) in [6.07, 6.45) is 4.96. The number of Topliss-reactive ketones (excluding diaryl/α,β-unsaturated/α-hetero) is 1. The van der Waals surface area contributed by atoms with Crippen molar-refractivity contribution in [3.63, 3.8) is 0 Å². The summed E-state index contributed by atoms with van der Waals surface area (Å²) >= 11 is 9.32. The Hall–Kier alpha value is -4.74. The molecule has 7 rings (SSSR count). The molecule has 4 aromatic rings. The SMILES string of the molecule is Cc1cc(Br)cc2c(C(=O)OCC(=O)c3ccc(Cl)c([N+](=O)[O-])c3)cc(-c3ccc(N4C(=O)C5C6C=CC(C6)C5C4=O)cc3)nc12. The van der Waals surface area contributed by atoms with Gasteiger partial charge in [0.15, 0.2) is 6.61 Å². The molecule has 1 saturated heterocycles. The van der Waals surface area contributed by atoms with Crippen molar-refractivity contribution in [3.8, 4) is 11.3 Å². The molecule has 2 fully saturated rings. The number of hydrogen-bond acceptors (Lipinski definition) is 8. The van der Waals surface area contributed by atoms with Crippen LogP contribution in [0.3, 0.4) is 0 Å². The van der Waals surface area contributed by atoms with E-state index in [4.69, 9.17) is 21.3 Å². The normalized spacial score (nSPS) is 21.2. The van der Waals surface area contributed by atoms with Crippen LogP contribution in [0.5, 0.6) is 0 Å². The Labute approximate surface area is 275 Å². The summed E-state index contributed by atoms with van der Waals surface area (Å²) in [4.78, 5) is 69.4. The zero-order chi connectivity index (χ0) is 32.4. The van der Waals surface area contributed by atoms with Gasteiger partial charge in [-0.1, -0.05) is 51.8 Å². The molecule has 3 aromatic carbocycles. The van der Waals surface area contributed by atoms with Crippen molar-refractivity contribution in [2.45, 2.75) is 13.3 Å². The van der Waals surface area contributed by atoms with Gasteiger partial charge in [0, 0.05) is 27.1 Å². The maximum atomic E-state index is 13.5. The third kappa shape index (κ3) is 4.90. The monoisotopic (exact) mass is 699 g/mol. The van der Waals surface area contributed by atoms with Crippen LogP contribution in [0.25, 0.3) is 22.2 Å². The fourth-order valence-electron chi connectivity index (χ4n) is 6.83. The molecule has 3 aliphatic rings. The molecule has 4 atom stereocenters. The van der Waals surface area contributed by atoms with Gasteiger partial charge in [0.2, 0.25) is 17.6 Å². The number of carbonyl (C=O) groups excluding carboxylic acids is 4. The summed E-state index contributed by atoms with van der Waals surface area (Å²) in [7, 11) is 0. The van der Waals surface area contributed by atoms with Crippen molar-refractivity contribution in [3.05, 3.63) is 109 Å². The number of pyridine rings is 1. The second-order valence-electron chi connectivity index (χ2n) is 11.7. The van der Waals surface area contributed by atoms with Crippen LogP contribution < -0.4 is 4.90 Å². The number of halogens is 2. The highest BCUT2D eigenvalue weighted by Gasteiger charge is 2.59. The summed E-state index contributed by atoms with van der Waals surface area (Å²) in [5.41, 5.74) is 2.58. The predicted octanol–water partition coefficient (Wildman–Crippen LogP) is 6.89. The molecule has 12 heteroatoms. The molecular formula is C34H23BrClN3O7. The number of allylic oxidation sites excluding steroid dienone is 2. The van der Waals surface area contributed by atoms with Gasteiger partial charge in [-0.2, -0.15) is 0 Å². The first-order valence-corrected chi connectivity index (χ1v) is 15.6. The number of ether oxygens (including phenoxy) is 1. The van der Waals surface area contributed by atoms with Gasteiger partial charge in [-0.05, 0) is 73.2 Å². The smallest absolute Gasteiger partial charge is 0.339 e. The fourth-order valence-corrected chi connectivity index (χ4v) is 7.59. The lowest BCUT2D eigenvalue weighted by Crippen LogP contribution is -2.32. The Morgan fingerprint density at radius 3 is 2.35 bits per heavy atom. The van der Waals surface area contributed by atoms with Crippen molar-refractivity contribution >= 4 is 73.4 Å². The van der Waals surface area contributed by atoms with Gasteiger partial charge in [-0.3, -0.25) is 29.4 Å². The number of rotatable bonds is 7. The van der Waals surface area contributed by atoms with E-state index in [1.165, 1.54) is 17.0 Å². The van der Waals surface area contributed by atoms with Crippen molar-refractivity contribution in [2.24, 2.45) is 23.7 Å². The van der Waals surface area contributed by atoms with Crippen LogP contribution in [0.2, 0.25) is 5.02 Å². The Morgan fingerprint density at radius 2 is 1.70 bits per heavy atom. The molecule has 1 saturated carbocycles. The lowest BCUT2D eigenvalue weighted by molar-refractivity contribution is -0.384. The molecule has 2 heterocycles.